The summed E-state index contributed by atoms with van der Waals surface area (Å²) in [7, 11) is 0. The summed E-state index contributed by atoms with van der Waals surface area (Å²) in [5, 5.41) is 2.81. The minimum Gasteiger partial charge on any atom is -0.456 e. The second-order valence-electron chi connectivity index (χ2n) is 6.14. The lowest BCUT2D eigenvalue weighted by molar-refractivity contribution is -0.149. The minimum absolute atomic E-state index is 0.101. The lowest BCUT2D eigenvalue weighted by Gasteiger charge is -2.20. The average Bonchev–Trinajstić information content (AvgIpc) is 2.90. The largest absolute Gasteiger partial charge is 0.456 e. The van der Waals surface area contributed by atoms with Crippen molar-refractivity contribution in [1.82, 2.24) is 5.32 Å². The molecule has 0 aromatic rings. The smallest absolute Gasteiger partial charge is 0.306 e. The van der Waals surface area contributed by atoms with Crippen LogP contribution in [0.1, 0.15) is 44.9 Å². The Morgan fingerprint density at radius 1 is 1.11 bits per heavy atom. The van der Waals surface area contributed by atoms with Crippen molar-refractivity contribution >= 4 is 11.9 Å². The molecule has 3 atom stereocenters. The van der Waals surface area contributed by atoms with Crippen molar-refractivity contribution < 1.29 is 14.3 Å². The number of esters is 1. The monoisotopic (exact) mass is 251 g/mol. The van der Waals surface area contributed by atoms with Crippen molar-refractivity contribution in [2.45, 2.75) is 51.0 Å². The molecular formula is C14H21NO3. The van der Waals surface area contributed by atoms with Gasteiger partial charge >= 0.3 is 5.97 Å². The first kappa shape index (κ1) is 12.0. The molecule has 1 N–H and O–H groups in total. The molecule has 0 aromatic heterocycles. The highest BCUT2D eigenvalue weighted by Gasteiger charge is 2.40. The van der Waals surface area contributed by atoms with Crippen molar-refractivity contribution in [2.75, 3.05) is 6.61 Å². The van der Waals surface area contributed by atoms with Crippen molar-refractivity contribution in [3.8, 4) is 0 Å². The van der Waals surface area contributed by atoms with Crippen molar-refractivity contribution in [2.24, 2.45) is 17.8 Å². The molecule has 3 fully saturated rings. The molecule has 100 valence electrons. The highest BCUT2D eigenvalue weighted by Crippen LogP contribution is 2.49. The molecule has 0 radical (unpaired) electrons. The van der Waals surface area contributed by atoms with Gasteiger partial charge in [-0.2, -0.15) is 0 Å². The zero-order valence-electron chi connectivity index (χ0n) is 10.7. The van der Waals surface area contributed by atoms with E-state index in [2.05, 4.69) is 5.32 Å². The Hall–Kier alpha value is -1.06. The van der Waals surface area contributed by atoms with Crippen molar-refractivity contribution in [3.05, 3.63) is 0 Å². The van der Waals surface area contributed by atoms with E-state index >= 15 is 0 Å². The maximum atomic E-state index is 11.7. The van der Waals surface area contributed by atoms with Gasteiger partial charge in [0.15, 0.2) is 6.61 Å². The zero-order chi connectivity index (χ0) is 12.5. The van der Waals surface area contributed by atoms with E-state index in [0.29, 0.717) is 18.4 Å². The molecule has 1 amide bonds. The summed E-state index contributed by atoms with van der Waals surface area (Å²) < 4.78 is 5.05. The Morgan fingerprint density at radius 3 is 2.56 bits per heavy atom. The highest BCUT2D eigenvalue weighted by atomic mass is 16.5. The fraction of sp³-hybridized carbons (Fsp3) is 0.857. The molecule has 2 bridgehead atoms. The van der Waals surface area contributed by atoms with Crippen LogP contribution in [0.15, 0.2) is 0 Å². The van der Waals surface area contributed by atoms with E-state index in [1.54, 1.807) is 0 Å². The van der Waals surface area contributed by atoms with E-state index in [9.17, 15) is 9.59 Å². The number of fused-ring (bicyclic) bond motifs is 2. The van der Waals surface area contributed by atoms with Gasteiger partial charge in [0.1, 0.15) is 0 Å². The second kappa shape index (κ2) is 4.90. The first-order valence-electron chi connectivity index (χ1n) is 7.15. The Bertz CT molecular complexity index is 351. The van der Waals surface area contributed by atoms with Crippen LogP contribution in [0.25, 0.3) is 0 Å². The summed E-state index contributed by atoms with van der Waals surface area (Å²) in [6, 6.07) is 0.335. The average molecular weight is 251 g/mol. The highest BCUT2D eigenvalue weighted by molar-refractivity contribution is 5.81. The predicted molar refractivity (Wildman–Crippen MR) is 65.7 cm³/mol. The van der Waals surface area contributed by atoms with Crippen LogP contribution in [-0.4, -0.2) is 24.5 Å². The maximum absolute atomic E-state index is 11.7. The van der Waals surface area contributed by atoms with Gasteiger partial charge < -0.3 is 10.1 Å². The summed E-state index contributed by atoms with van der Waals surface area (Å²) in [6.07, 6.45) is 7.76. The van der Waals surface area contributed by atoms with Crippen molar-refractivity contribution in [1.29, 1.82) is 0 Å². The molecule has 3 saturated carbocycles. The molecule has 0 aromatic carbocycles. The molecule has 0 saturated heterocycles. The van der Waals surface area contributed by atoms with Gasteiger partial charge in [-0.3, -0.25) is 9.59 Å². The summed E-state index contributed by atoms with van der Waals surface area (Å²) in [5.74, 6) is 1.76. The number of ether oxygens (including phenoxy) is 1. The normalized spacial score (nSPS) is 33.4. The van der Waals surface area contributed by atoms with Gasteiger partial charge in [0.05, 0.1) is 0 Å². The minimum atomic E-state index is -0.196. The topological polar surface area (TPSA) is 55.4 Å². The fourth-order valence-electron chi connectivity index (χ4n) is 3.54. The summed E-state index contributed by atoms with van der Waals surface area (Å²) >= 11 is 0. The van der Waals surface area contributed by atoms with E-state index in [1.807, 2.05) is 0 Å². The second-order valence-corrected chi connectivity index (χ2v) is 6.14. The first-order chi connectivity index (χ1) is 8.70. The van der Waals surface area contributed by atoms with Crippen LogP contribution in [0, 0.1) is 17.8 Å². The van der Waals surface area contributed by atoms with Gasteiger partial charge in [0.25, 0.3) is 5.91 Å². The van der Waals surface area contributed by atoms with Gasteiger partial charge in [0.2, 0.25) is 0 Å². The summed E-state index contributed by atoms with van der Waals surface area (Å²) in [5.41, 5.74) is 0. The number of hydrogen-bond donors (Lipinski definition) is 1. The number of carbonyl (C=O) groups is 2. The van der Waals surface area contributed by atoms with Crippen LogP contribution in [0.5, 0.6) is 0 Å². The number of carbonyl (C=O) groups excluding carboxylic acids is 2. The van der Waals surface area contributed by atoms with E-state index in [4.69, 9.17) is 4.74 Å². The standard InChI is InChI=1S/C14H21NO3/c16-13(15-12-3-4-12)8-18-14(17)7-11-6-9-1-2-10(11)5-9/h9-12H,1-8H2,(H,15,16)/t9-,10+,11-/m1/s1. The van der Waals surface area contributed by atoms with Crippen molar-refractivity contribution in [3.63, 3.8) is 0 Å². The van der Waals surface area contributed by atoms with Crippen LogP contribution in [0.2, 0.25) is 0 Å². The van der Waals surface area contributed by atoms with Gasteiger partial charge in [-0.15, -0.1) is 0 Å². The Labute approximate surface area is 107 Å². The Balaban J connectivity index is 1.35. The number of rotatable bonds is 5. The van der Waals surface area contributed by atoms with Crippen LogP contribution >= 0.6 is 0 Å². The lowest BCUT2D eigenvalue weighted by Crippen LogP contribution is -2.30. The molecule has 0 heterocycles. The SMILES string of the molecule is O=C(COC(=O)C[C@H]1C[C@@H]2CC[C@H]1C2)NC1CC1. The Morgan fingerprint density at radius 2 is 1.94 bits per heavy atom. The van der Waals surface area contributed by atoms with E-state index in [0.717, 1.165) is 24.7 Å². The third-order valence-electron chi connectivity index (χ3n) is 4.62. The van der Waals surface area contributed by atoms with Gasteiger partial charge in [0, 0.05) is 12.5 Å². The van der Waals surface area contributed by atoms with Gasteiger partial charge in [-0.1, -0.05) is 6.42 Å². The molecule has 0 spiro atoms. The molecule has 0 aliphatic heterocycles. The summed E-state index contributed by atoms with van der Waals surface area (Å²) in [6.45, 7) is -0.101. The van der Waals surface area contributed by atoms with Crippen LogP contribution in [-0.2, 0) is 14.3 Å². The van der Waals surface area contributed by atoms with E-state index in [-0.39, 0.29) is 18.5 Å². The van der Waals surface area contributed by atoms with Crippen LogP contribution in [0.4, 0.5) is 0 Å². The fourth-order valence-corrected chi connectivity index (χ4v) is 3.54. The number of amides is 1. The quantitative estimate of drug-likeness (QED) is 0.756. The third-order valence-corrected chi connectivity index (χ3v) is 4.62. The van der Waals surface area contributed by atoms with Gasteiger partial charge in [-0.05, 0) is 49.9 Å². The van der Waals surface area contributed by atoms with Gasteiger partial charge in [-0.25, -0.2) is 0 Å². The molecule has 3 aliphatic carbocycles. The Kier molecular flexibility index (Phi) is 3.27. The molecule has 18 heavy (non-hydrogen) atoms. The molecule has 3 rings (SSSR count). The van der Waals surface area contributed by atoms with E-state index < -0.39 is 0 Å². The molecule has 0 unspecified atom stereocenters. The molecule has 4 nitrogen and oxygen atoms in total. The van der Waals surface area contributed by atoms with E-state index in [1.165, 1.54) is 25.7 Å². The molecule has 3 aliphatic rings. The van der Waals surface area contributed by atoms with Crippen LogP contribution in [0.3, 0.4) is 0 Å². The molecular weight excluding hydrogens is 230 g/mol. The zero-order valence-corrected chi connectivity index (χ0v) is 10.7. The lowest BCUT2D eigenvalue weighted by atomic mass is 9.86. The molecule has 4 heteroatoms. The maximum Gasteiger partial charge on any atom is 0.306 e. The van der Waals surface area contributed by atoms with Crippen LogP contribution < -0.4 is 5.32 Å². The first-order valence-corrected chi connectivity index (χ1v) is 7.15. The number of hydrogen-bond acceptors (Lipinski definition) is 3. The number of nitrogens with one attached hydrogen (secondary N) is 1. The summed E-state index contributed by atoms with van der Waals surface area (Å²) in [4.78, 5) is 23.1. The third kappa shape index (κ3) is 2.85. The predicted octanol–water partition coefficient (Wildman–Crippen LogP) is 1.63.